The minimum atomic E-state index is -6.00. The van der Waals surface area contributed by atoms with Crippen LogP contribution in [0.1, 0.15) is 12.5 Å². The first-order chi connectivity index (χ1) is 9.59. The molecule has 0 amide bonds. The number of nitrogens with zero attached hydrogens (tertiary/aromatic N) is 1. The van der Waals surface area contributed by atoms with E-state index in [-0.39, 0.29) is 16.9 Å². The highest BCUT2D eigenvalue weighted by Gasteiger charge is 2.20. The van der Waals surface area contributed by atoms with Crippen molar-refractivity contribution in [3.05, 3.63) is 35.9 Å². The van der Waals surface area contributed by atoms with Gasteiger partial charge in [0.15, 0.2) is 5.75 Å². The van der Waals surface area contributed by atoms with Crippen LogP contribution in [-0.4, -0.2) is 37.2 Å². The summed E-state index contributed by atoms with van der Waals surface area (Å²) in [6.45, 7) is 1.35. The van der Waals surface area contributed by atoms with E-state index in [0.29, 0.717) is 0 Å². The first-order valence-electron chi connectivity index (χ1n) is 5.81. The molecule has 0 saturated carbocycles. The van der Waals surface area contributed by atoms with Gasteiger partial charge in [0.05, 0.1) is 12.5 Å². The molecule has 118 valence electrons. The summed E-state index contributed by atoms with van der Waals surface area (Å²) in [7, 11) is -5.78. The van der Waals surface area contributed by atoms with Gasteiger partial charge in [-0.05, 0) is 10.9 Å². The van der Waals surface area contributed by atoms with E-state index >= 15 is 0 Å². The maximum absolute atomic E-state index is 10.7. The average molecular weight is 325 g/mol. The van der Waals surface area contributed by atoms with Gasteiger partial charge >= 0.3 is 13.2 Å². The van der Waals surface area contributed by atoms with E-state index in [4.69, 9.17) is 4.84 Å². The molecule has 1 rings (SSSR count). The predicted molar refractivity (Wildman–Crippen MR) is 79.0 cm³/mol. The van der Waals surface area contributed by atoms with Gasteiger partial charge in [0.25, 0.3) is 0 Å². The Morgan fingerprint density at radius 1 is 1.19 bits per heavy atom. The van der Waals surface area contributed by atoms with Crippen LogP contribution in [-0.2, 0) is 20.5 Å². The van der Waals surface area contributed by atoms with Gasteiger partial charge in [-0.15, -0.1) is 0 Å². The molecular weight excluding hydrogens is 309 g/mol. The molecule has 0 bridgehead atoms. The van der Waals surface area contributed by atoms with E-state index in [1.807, 2.05) is 30.3 Å². The maximum Gasteiger partial charge on any atom is 0.673 e. The number of hydrogen-bond acceptors (Lipinski definition) is 3. The van der Waals surface area contributed by atoms with E-state index in [2.05, 4.69) is 17.7 Å². The Bertz CT molecular complexity index is 460. The largest absolute Gasteiger partial charge is 0.673 e. The van der Waals surface area contributed by atoms with Gasteiger partial charge in [0, 0.05) is 12.5 Å². The molecule has 0 aliphatic heterocycles. The Hall–Kier alpha value is -1.51. The lowest BCUT2D eigenvalue weighted by atomic mass is 10.1. The second-order valence-electron chi connectivity index (χ2n) is 4.11. The lowest BCUT2D eigenvalue weighted by Crippen LogP contribution is -2.16. The fraction of sp³-hybridized carbons (Fsp3) is 0.333. The first-order valence-corrected chi connectivity index (χ1v) is 8.02. The Balaban J connectivity index is 0.000000690. The van der Waals surface area contributed by atoms with Gasteiger partial charge in [-0.25, -0.2) is 4.79 Å². The summed E-state index contributed by atoms with van der Waals surface area (Å²) in [5, 5.41) is 3.91. The van der Waals surface area contributed by atoms with Gasteiger partial charge in [-0.1, -0.05) is 35.5 Å². The van der Waals surface area contributed by atoms with E-state index < -0.39 is 7.25 Å². The summed E-state index contributed by atoms with van der Waals surface area (Å²) in [5.41, 5.74) is 1.83. The zero-order chi connectivity index (χ0) is 16.5. The highest BCUT2D eigenvalue weighted by atomic mass is 32.2. The van der Waals surface area contributed by atoms with E-state index in [0.717, 1.165) is 17.0 Å². The molecule has 0 fully saturated rings. The van der Waals surface area contributed by atoms with Crippen LogP contribution in [0.5, 0.6) is 0 Å². The number of carbonyl (C=O) groups excluding carboxylic acids is 1. The third-order valence-electron chi connectivity index (χ3n) is 1.82. The number of halogens is 4. The zero-order valence-electron chi connectivity index (χ0n) is 11.9. The molecule has 0 atom stereocenters. The topological polar surface area (TPSA) is 38.7 Å². The standard InChI is InChI=1S/C12H16NO2S.BF4/c1-10(14)15-13-12(9-16(2)3)11-7-5-4-6-8-11;2-1(3,4)5/h4-8H,9H2,1-3H3;/q+1;-1. The number of carbonyl (C=O) groups is 1. The van der Waals surface area contributed by atoms with Crippen molar-refractivity contribution in [2.24, 2.45) is 5.16 Å². The van der Waals surface area contributed by atoms with E-state index in [9.17, 15) is 22.1 Å². The first kappa shape index (κ1) is 19.5. The normalized spacial score (nSPS) is 11.7. The molecule has 0 unspecified atom stereocenters. The molecular formula is C12H16BF4NO2S. The monoisotopic (exact) mass is 325 g/mol. The number of hydrogen-bond donors (Lipinski definition) is 0. The molecule has 0 heterocycles. The summed E-state index contributed by atoms with van der Waals surface area (Å²) in [4.78, 5) is 15.5. The van der Waals surface area contributed by atoms with Crippen LogP contribution in [0.15, 0.2) is 35.5 Å². The molecule has 0 spiro atoms. The van der Waals surface area contributed by atoms with Gasteiger partial charge in [0.1, 0.15) is 5.71 Å². The minimum absolute atomic E-state index is 0.217. The van der Waals surface area contributed by atoms with E-state index in [1.54, 1.807) is 0 Å². The van der Waals surface area contributed by atoms with Crippen LogP contribution in [0.25, 0.3) is 0 Å². The van der Waals surface area contributed by atoms with Crippen LogP contribution < -0.4 is 0 Å². The summed E-state index contributed by atoms with van der Waals surface area (Å²) in [6, 6.07) is 9.78. The van der Waals surface area contributed by atoms with Crippen molar-refractivity contribution in [3.63, 3.8) is 0 Å². The van der Waals surface area contributed by atoms with Crippen LogP contribution in [0.3, 0.4) is 0 Å². The molecule has 1 aromatic rings. The second-order valence-corrected chi connectivity index (χ2v) is 6.37. The second kappa shape index (κ2) is 9.43. The minimum Gasteiger partial charge on any atom is -0.418 e. The van der Waals surface area contributed by atoms with Crippen molar-refractivity contribution < 1.29 is 26.9 Å². The van der Waals surface area contributed by atoms with Gasteiger partial charge in [0.2, 0.25) is 0 Å². The van der Waals surface area contributed by atoms with Gasteiger partial charge in [-0.2, -0.15) is 0 Å². The van der Waals surface area contributed by atoms with Crippen molar-refractivity contribution >= 4 is 29.8 Å². The molecule has 0 aliphatic carbocycles. The van der Waals surface area contributed by atoms with Crippen LogP contribution in [0.4, 0.5) is 17.3 Å². The summed E-state index contributed by atoms with van der Waals surface area (Å²) in [6.07, 6.45) is 4.26. The number of benzene rings is 1. The average Bonchev–Trinajstić information content (AvgIpc) is 2.33. The Morgan fingerprint density at radius 3 is 2.05 bits per heavy atom. The summed E-state index contributed by atoms with van der Waals surface area (Å²) >= 11 is 0. The Kier molecular flexibility index (Phi) is 8.76. The van der Waals surface area contributed by atoms with Crippen LogP contribution in [0.2, 0.25) is 0 Å². The molecule has 0 radical (unpaired) electrons. The summed E-state index contributed by atoms with van der Waals surface area (Å²) < 4.78 is 39.0. The van der Waals surface area contributed by atoms with Crippen molar-refractivity contribution in [1.82, 2.24) is 0 Å². The van der Waals surface area contributed by atoms with Gasteiger partial charge < -0.3 is 22.1 Å². The molecule has 9 heteroatoms. The molecule has 3 nitrogen and oxygen atoms in total. The third kappa shape index (κ3) is 13.2. The van der Waals surface area contributed by atoms with Crippen LogP contribution >= 0.6 is 0 Å². The van der Waals surface area contributed by atoms with Crippen molar-refractivity contribution in [2.45, 2.75) is 6.92 Å². The number of rotatable bonds is 4. The fourth-order valence-corrected chi connectivity index (χ4v) is 1.95. The molecule has 21 heavy (non-hydrogen) atoms. The molecule has 0 N–H and O–H groups in total. The van der Waals surface area contributed by atoms with E-state index in [1.165, 1.54) is 6.92 Å². The van der Waals surface area contributed by atoms with Crippen molar-refractivity contribution in [1.29, 1.82) is 0 Å². The predicted octanol–water partition coefficient (Wildman–Crippen LogP) is 3.13. The van der Waals surface area contributed by atoms with Crippen molar-refractivity contribution in [3.8, 4) is 0 Å². The zero-order valence-corrected chi connectivity index (χ0v) is 12.7. The van der Waals surface area contributed by atoms with Crippen molar-refractivity contribution in [2.75, 3.05) is 18.3 Å². The lowest BCUT2D eigenvalue weighted by molar-refractivity contribution is -0.140. The molecule has 1 aromatic carbocycles. The maximum atomic E-state index is 10.7. The quantitative estimate of drug-likeness (QED) is 0.213. The molecule has 0 saturated heterocycles. The number of oxime groups is 1. The SMILES string of the molecule is CC(=O)ON=C(C[S+](C)C)c1ccccc1.F[B-](F)(F)F. The molecule has 0 aromatic heterocycles. The Labute approximate surface area is 123 Å². The summed E-state index contributed by atoms with van der Waals surface area (Å²) in [5.74, 6) is 0.428. The lowest BCUT2D eigenvalue weighted by Gasteiger charge is -2.03. The highest BCUT2D eigenvalue weighted by Crippen LogP contribution is 2.06. The third-order valence-corrected chi connectivity index (χ3v) is 2.67. The molecule has 0 aliphatic rings. The smallest absolute Gasteiger partial charge is 0.418 e. The van der Waals surface area contributed by atoms with Gasteiger partial charge in [-0.3, -0.25) is 0 Å². The highest BCUT2D eigenvalue weighted by molar-refractivity contribution is 7.96. The van der Waals surface area contributed by atoms with Crippen LogP contribution in [0, 0.1) is 0 Å². The Morgan fingerprint density at radius 2 is 1.67 bits per heavy atom. The fourth-order valence-electron chi connectivity index (χ4n) is 1.19.